The fourth-order valence-electron chi connectivity index (χ4n) is 2.81. The number of hydrogen-bond acceptors (Lipinski definition) is 2. The standard InChI is InChI=1S/C17H27N3O/c1-5-18-14(4)15-7-6-8-16(9-15)19-17(21)20-10-12(2)13(3)11-20/h6-9,12-14,18H,5,10-11H2,1-4H3,(H,19,21). The topological polar surface area (TPSA) is 44.4 Å². The molecule has 2 rings (SSSR count). The van der Waals surface area contributed by atoms with E-state index in [1.54, 1.807) is 0 Å². The van der Waals surface area contributed by atoms with Gasteiger partial charge in [0.1, 0.15) is 0 Å². The van der Waals surface area contributed by atoms with Crippen LogP contribution in [0.25, 0.3) is 0 Å². The molecule has 1 aliphatic heterocycles. The average Bonchev–Trinajstić information content (AvgIpc) is 2.79. The Labute approximate surface area is 127 Å². The minimum absolute atomic E-state index is 0.0134. The SMILES string of the molecule is CCNC(C)c1cccc(NC(=O)N2CC(C)C(C)C2)c1. The highest BCUT2D eigenvalue weighted by molar-refractivity contribution is 5.89. The van der Waals surface area contributed by atoms with Gasteiger partial charge in [-0.25, -0.2) is 4.79 Å². The fraction of sp³-hybridized carbons (Fsp3) is 0.588. The highest BCUT2D eigenvalue weighted by Crippen LogP contribution is 2.23. The van der Waals surface area contributed by atoms with Crippen LogP contribution in [-0.2, 0) is 0 Å². The highest BCUT2D eigenvalue weighted by Gasteiger charge is 2.29. The lowest BCUT2D eigenvalue weighted by Gasteiger charge is -2.18. The number of likely N-dealkylation sites (tertiary alicyclic amines) is 1. The van der Waals surface area contributed by atoms with Crippen LogP contribution in [0, 0.1) is 11.8 Å². The first kappa shape index (κ1) is 15.8. The molecular formula is C17H27N3O. The minimum Gasteiger partial charge on any atom is -0.324 e. The molecule has 3 atom stereocenters. The molecule has 1 aliphatic rings. The molecule has 1 saturated heterocycles. The van der Waals surface area contributed by atoms with Crippen LogP contribution in [0.15, 0.2) is 24.3 Å². The summed E-state index contributed by atoms with van der Waals surface area (Å²) in [7, 11) is 0. The molecule has 0 saturated carbocycles. The third kappa shape index (κ3) is 3.97. The van der Waals surface area contributed by atoms with Crippen LogP contribution in [0.2, 0.25) is 0 Å². The van der Waals surface area contributed by atoms with Gasteiger partial charge < -0.3 is 15.5 Å². The zero-order valence-corrected chi connectivity index (χ0v) is 13.5. The first-order valence-electron chi connectivity index (χ1n) is 7.90. The molecule has 4 nitrogen and oxygen atoms in total. The molecule has 1 aromatic rings. The number of carbonyl (C=O) groups excluding carboxylic acids is 1. The van der Waals surface area contributed by atoms with Crippen molar-refractivity contribution < 1.29 is 4.79 Å². The second-order valence-electron chi connectivity index (χ2n) is 6.19. The zero-order valence-electron chi connectivity index (χ0n) is 13.5. The monoisotopic (exact) mass is 289 g/mol. The molecule has 21 heavy (non-hydrogen) atoms. The first-order valence-corrected chi connectivity index (χ1v) is 7.90. The van der Waals surface area contributed by atoms with Crippen LogP contribution in [0.1, 0.15) is 39.3 Å². The fourth-order valence-corrected chi connectivity index (χ4v) is 2.81. The molecule has 0 spiro atoms. The number of anilines is 1. The van der Waals surface area contributed by atoms with Crippen LogP contribution in [-0.4, -0.2) is 30.6 Å². The van der Waals surface area contributed by atoms with E-state index in [0.29, 0.717) is 17.9 Å². The van der Waals surface area contributed by atoms with Crippen LogP contribution < -0.4 is 10.6 Å². The molecule has 0 aromatic heterocycles. The van der Waals surface area contributed by atoms with Gasteiger partial charge in [0, 0.05) is 24.8 Å². The summed E-state index contributed by atoms with van der Waals surface area (Å²) in [5.41, 5.74) is 2.06. The molecule has 2 N–H and O–H groups in total. The van der Waals surface area contributed by atoms with Gasteiger partial charge in [-0.3, -0.25) is 0 Å². The summed E-state index contributed by atoms with van der Waals surface area (Å²) in [5.74, 6) is 1.16. The average molecular weight is 289 g/mol. The maximum absolute atomic E-state index is 12.3. The maximum Gasteiger partial charge on any atom is 0.321 e. The molecule has 2 amide bonds. The van der Waals surface area contributed by atoms with Crippen molar-refractivity contribution in [3.8, 4) is 0 Å². The van der Waals surface area contributed by atoms with Gasteiger partial charge >= 0.3 is 6.03 Å². The summed E-state index contributed by atoms with van der Waals surface area (Å²) in [6.07, 6.45) is 0. The number of amides is 2. The van der Waals surface area contributed by atoms with Crippen molar-refractivity contribution in [2.45, 2.75) is 33.7 Å². The Hall–Kier alpha value is -1.55. The third-order valence-corrected chi connectivity index (χ3v) is 4.42. The Morgan fingerprint density at radius 1 is 1.33 bits per heavy atom. The van der Waals surface area contributed by atoms with Gasteiger partial charge in [-0.2, -0.15) is 0 Å². The lowest BCUT2D eigenvalue weighted by Crippen LogP contribution is -2.33. The Morgan fingerprint density at radius 2 is 2.00 bits per heavy atom. The predicted octanol–water partition coefficient (Wildman–Crippen LogP) is 3.48. The van der Waals surface area contributed by atoms with Gasteiger partial charge in [0.2, 0.25) is 0 Å². The number of benzene rings is 1. The van der Waals surface area contributed by atoms with E-state index in [0.717, 1.165) is 25.3 Å². The van der Waals surface area contributed by atoms with Crippen molar-refractivity contribution >= 4 is 11.7 Å². The number of rotatable bonds is 4. The van der Waals surface area contributed by atoms with E-state index >= 15 is 0 Å². The summed E-state index contributed by atoms with van der Waals surface area (Å²) in [6.45, 7) is 11.3. The summed E-state index contributed by atoms with van der Waals surface area (Å²) in [5, 5.41) is 6.41. The number of nitrogens with zero attached hydrogens (tertiary/aromatic N) is 1. The Morgan fingerprint density at radius 3 is 2.62 bits per heavy atom. The second kappa shape index (κ2) is 6.94. The van der Waals surface area contributed by atoms with E-state index in [2.05, 4.69) is 44.4 Å². The lowest BCUT2D eigenvalue weighted by molar-refractivity contribution is 0.220. The largest absolute Gasteiger partial charge is 0.324 e. The quantitative estimate of drug-likeness (QED) is 0.891. The van der Waals surface area contributed by atoms with Gasteiger partial charge in [-0.15, -0.1) is 0 Å². The molecule has 1 fully saturated rings. The molecule has 116 valence electrons. The Bertz CT molecular complexity index is 479. The van der Waals surface area contributed by atoms with Crippen molar-refractivity contribution in [1.82, 2.24) is 10.2 Å². The summed E-state index contributed by atoms with van der Waals surface area (Å²) < 4.78 is 0. The summed E-state index contributed by atoms with van der Waals surface area (Å²) in [6, 6.07) is 8.38. The predicted molar refractivity (Wildman–Crippen MR) is 87.5 cm³/mol. The summed E-state index contributed by atoms with van der Waals surface area (Å²) in [4.78, 5) is 14.2. The number of hydrogen-bond donors (Lipinski definition) is 2. The molecule has 0 bridgehead atoms. The van der Waals surface area contributed by atoms with E-state index in [1.807, 2.05) is 23.1 Å². The molecule has 1 heterocycles. The number of urea groups is 1. The van der Waals surface area contributed by atoms with E-state index in [4.69, 9.17) is 0 Å². The Kier molecular flexibility index (Phi) is 5.23. The number of nitrogens with one attached hydrogen (secondary N) is 2. The zero-order chi connectivity index (χ0) is 15.4. The van der Waals surface area contributed by atoms with Crippen LogP contribution >= 0.6 is 0 Å². The second-order valence-corrected chi connectivity index (χ2v) is 6.19. The molecule has 1 aromatic carbocycles. The highest BCUT2D eigenvalue weighted by atomic mass is 16.2. The smallest absolute Gasteiger partial charge is 0.321 e. The van der Waals surface area contributed by atoms with E-state index in [-0.39, 0.29) is 6.03 Å². The molecule has 4 heteroatoms. The van der Waals surface area contributed by atoms with Crippen molar-refractivity contribution in [3.05, 3.63) is 29.8 Å². The van der Waals surface area contributed by atoms with Gasteiger partial charge in [0.15, 0.2) is 0 Å². The Balaban J connectivity index is 1.99. The van der Waals surface area contributed by atoms with Crippen LogP contribution in [0.5, 0.6) is 0 Å². The van der Waals surface area contributed by atoms with Crippen molar-refractivity contribution in [1.29, 1.82) is 0 Å². The van der Waals surface area contributed by atoms with Gasteiger partial charge in [-0.1, -0.05) is 32.9 Å². The van der Waals surface area contributed by atoms with Crippen molar-refractivity contribution in [2.24, 2.45) is 11.8 Å². The molecule has 0 aliphatic carbocycles. The van der Waals surface area contributed by atoms with Gasteiger partial charge in [0.25, 0.3) is 0 Å². The van der Waals surface area contributed by atoms with E-state index in [9.17, 15) is 4.79 Å². The van der Waals surface area contributed by atoms with E-state index < -0.39 is 0 Å². The lowest BCUT2D eigenvalue weighted by atomic mass is 10.0. The molecule has 3 unspecified atom stereocenters. The van der Waals surface area contributed by atoms with Gasteiger partial charge in [0.05, 0.1) is 0 Å². The van der Waals surface area contributed by atoms with Gasteiger partial charge in [-0.05, 0) is 43.0 Å². The van der Waals surface area contributed by atoms with Crippen molar-refractivity contribution in [3.63, 3.8) is 0 Å². The summed E-state index contributed by atoms with van der Waals surface area (Å²) >= 11 is 0. The van der Waals surface area contributed by atoms with Crippen molar-refractivity contribution in [2.75, 3.05) is 25.0 Å². The number of carbonyl (C=O) groups is 1. The normalized spacial score (nSPS) is 23.1. The van der Waals surface area contributed by atoms with Crippen LogP contribution in [0.4, 0.5) is 10.5 Å². The molecular weight excluding hydrogens is 262 g/mol. The third-order valence-electron chi connectivity index (χ3n) is 4.42. The minimum atomic E-state index is 0.0134. The van der Waals surface area contributed by atoms with E-state index in [1.165, 1.54) is 5.56 Å². The van der Waals surface area contributed by atoms with Crippen LogP contribution in [0.3, 0.4) is 0 Å². The maximum atomic E-state index is 12.3. The first-order chi connectivity index (χ1) is 10.0. The molecule has 0 radical (unpaired) electrons.